The highest BCUT2D eigenvalue weighted by Crippen LogP contribution is 2.36. The number of nitrogens with one attached hydrogen (secondary N) is 2. The van der Waals surface area contributed by atoms with E-state index in [0.29, 0.717) is 0 Å². The summed E-state index contributed by atoms with van der Waals surface area (Å²) in [6, 6.07) is 11.2. The number of aryl methyl sites for hydroxylation is 1. The van der Waals surface area contributed by atoms with Crippen molar-refractivity contribution in [2.75, 3.05) is 17.7 Å². The van der Waals surface area contributed by atoms with Crippen LogP contribution in [0.1, 0.15) is 29.3 Å². The van der Waals surface area contributed by atoms with Gasteiger partial charge in [0.15, 0.2) is 15.6 Å². The van der Waals surface area contributed by atoms with E-state index in [-0.39, 0.29) is 49.1 Å². The minimum absolute atomic E-state index is 0.00671. The fraction of sp³-hybridized carbons (Fsp3) is 0.200. The molecule has 0 heterocycles. The molecule has 0 aromatic heterocycles. The lowest BCUT2D eigenvalue weighted by Crippen LogP contribution is -2.34. The molecule has 37 heavy (non-hydrogen) atoms. The molecule has 1 unspecified atom stereocenters. The van der Waals surface area contributed by atoms with Crippen LogP contribution in [0.15, 0.2) is 53.4 Å². The quantitative estimate of drug-likeness (QED) is 0.274. The number of halogens is 3. The van der Waals surface area contributed by atoms with Gasteiger partial charge in [0.05, 0.1) is 38.4 Å². The topological polar surface area (TPSA) is 122 Å². The number of sulfone groups is 1. The van der Waals surface area contributed by atoms with Crippen LogP contribution < -0.4 is 15.4 Å². The van der Waals surface area contributed by atoms with Crippen molar-refractivity contribution in [2.24, 2.45) is 0 Å². The van der Waals surface area contributed by atoms with Gasteiger partial charge in [-0.1, -0.05) is 59.4 Å². The predicted molar refractivity (Wildman–Crippen MR) is 145 cm³/mol. The van der Waals surface area contributed by atoms with Gasteiger partial charge in [0.2, 0.25) is 5.91 Å². The van der Waals surface area contributed by atoms with E-state index in [2.05, 4.69) is 10.6 Å². The number of ether oxygens (including phenoxy) is 1. The number of benzene rings is 3. The first-order valence-corrected chi connectivity index (χ1v) is 13.5. The second-order valence-corrected chi connectivity index (χ2v) is 11.4. The summed E-state index contributed by atoms with van der Waals surface area (Å²) in [7, 11) is -2.60. The van der Waals surface area contributed by atoms with E-state index in [1.54, 1.807) is 19.1 Å². The Hall–Kier alpha value is -2.98. The molecule has 3 aromatic carbocycles. The number of rotatable bonds is 8. The Labute approximate surface area is 229 Å². The molecule has 0 spiro atoms. The number of carbonyl (C=O) groups excluding carboxylic acids is 2. The molecule has 3 N–H and O–H groups in total. The smallest absolute Gasteiger partial charge is 0.255 e. The van der Waals surface area contributed by atoms with Gasteiger partial charge in [0.25, 0.3) is 5.91 Å². The summed E-state index contributed by atoms with van der Waals surface area (Å²) in [5, 5.41) is 14.2. The molecule has 0 radical (unpaired) electrons. The lowest BCUT2D eigenvalue weighted by Gasteiger charge is -2.18. The van der Waals surface area contributed by atoms with Crippen LogP contribution in [0.5, 0.6) is 11.5 Å². The summed E-state index contributed by atoms with van der Waals surface area (Å²) in [6.07, 6.45) is 0.00671. The van der Waals surface area contributed by atoms with E-state index in [4.69, 9.17) is 39.5 Å². The van der Waals surface area contributed by atoms with Gasteiger partial charge < -0.3 is 20.5 Å². The van der Waals surface area contributed by atoms with Gasteiger partial charge >= 0.3 is 0 Å². The Balaban J connectivity index is 1.81. The second kappa shape index (κ2) is 11.6. The molecular formula is C25H23Cl3N2O6S. The number of phenolic OH excluding ortho intramolecular Hbond substituents is 1. The van der Waals surface area contributed by atoms with E-state index in [1.807, 2.05) is 6.92 Å². The Morgan fingerprint density at radius 3 is 2.08 bits per heavy atom. The Morgan fingerprint density at radius 1 is 0.946 bits per heavy atom. The Kier molecular flexibility index (Phi) is 8.96. The molecule has 196 valence electrons. The lowest BCUT2D eigenvalue weighted by molar-refractivity contribution is -0.115. The minimum Gasteiger partial charge on any atom is -0.506 e. The van der Waals surface area contributed by atoms with Gasteiger partial charge in [0.1, 0.15) is 11.0 Å². The fourth-order valence-electron chi connectivity index (χ4n) is 3.49. The van der Waals surface area contributed by atoms with Gasteiger partial charge in [-0.3, -0.25) is 9.59 Å². The first-order chi connectivity index (χ1) is 17.4. The highest BCUT2D eigenvalue weighted by atomic mass is 35.5. The molecule has 3 aromatic rings. The number of carbonyl (C=O) groups is 2. The third-order valence-corrected chi connectivity index (χ3v) is 8.54. The summed E-state index contributed by atoms with van der Waals surface area (Å²) < 4.78 is 31.1. The molecule has 0 aliphatic carbocycles. The van der Waals surface area contributed by atoms with Gasteiger partial charge in [0, 0.05) is 11.6 Å². The number of methoxy groups -OCH3 is 1. The van der Waals surface area contributed by atoms with Crippen LogP contribution >= 0.6 is 34.8 Å². The van der Waals surface area contributed by atoms with Crippen LogP contribution in [-0.2, 0) is 14.6 Å². The number of hydrogen-bond donors (Lipinski definition) is 3. The van der Waals surface area contributed by atoms with Crippen molar-refractivity contribution in [1.29, 1.82) is 0 Å². The average Bonchev–Trinajstić information content (AvgIpc) is 2.82. The summed E-state index contributed by atoms with van der Waals surface area (Å²) in [4.78, 5) is 25.6. The van der Waals surface area contributed by atoms with E-state index in [1.165, 1.54) is 37.4 Å². The van der Waals surface area contributed by atoms with Crippen molar-refractivity contribution in [3.63, 3.8) is 0 Å². The number of aromatic hydroxyl groups is 1. The highest BCUT2D eigenvalue weighted by Gasteiger charge is 2.33. The summed E-state index contributed by atoms with van der Waals surface area (Å²) in [5.74, 6) is -1.68. The molecule has 1 atom stereocenters. The van der Waals surface area contributed by atoms with E-state index < -0.39 is 32.7 Å². The standard InChI is InChI=1S/C25H23Cl3N2O6S/c1-4-22(37(34,35)15-7-5-13(2)6-8-15)25(33)29-19-12-21(31)20(11-16(19)26)30-24(32)14-9-17(27)23(36-3)18(28)10-14/h5-12,22,31H,4H2,1-3H3,(H,29,33)(H,30,32). The van der Waals surface area contributed by atoms with Crippen LogP contribution in [0.25, 0.3) is 0 Å². The van der Waals surface area contributed by atoms with Gasteiger partial charge in [-0.2, -0.15) is 0 Å². The zero-order valence-corrected chi connectivity index (χ0v) is 23.0. The van der Waals surface area contributed by atoms with E-state index in [9.17, 15) is 23.1 Å². The third kappa shape index (κ3) is 6.30. The van der Waals surface area contributed by atoms with Gasteiger partial charge in [-0.15, -0.1) is 0 Å². The number of amides is 2. The predicted octanol–water partition coefficient (Wildman–Crippen LogP) is 6.11. The normalized spacial score (nSPS) is 12.1. The fourth-order valence-corrected chi connectivity index (χ4v) is 5.97. The lowest BCUT2D eigenvalue weighted by atomic mass is 10.2. The molecule has 3 rings (SSSR count). The van der Waals surface area contributed by atoms with Crippen LogP contribution in [0.4, 0.5) is 11.4 Å². The van der Waals surface area contributed by atoms with E-state index >= 15 is 0 Å². The SMILES string of the molecule is CCC(C(=O)Nc1cc(O)c(NC(=O)c2cc(Cl)c(OC)c(Cl)c2)cc1Cl)S(=O)(=O)c1ccc(C)cc1. The van der Waals surface area contributed by atoms with Gasteiger partial charge in [-0.05, 0) is 43.7 Å². The number of phenols is 1. The monoisotopic (exact) mass is 584 g/mol. The summed E-state index contributed by atoms with van der Waals surface area (Å²) in [5.41, 5.74) is 0.880. The zero-order valence-electron chi connectivity index (χ0n) is 19.9. The van der Waals surface area contributed by atoms with Crippen molar-refractivity contribution in [3.05, 3.63) is 74.7 Å². The number of hydrogen-bond acceptors (Lipinski definition) is 6. The van der Waals surface area contributed by atoms with Crippen LogP contribution in [0.2, 0.25) is 15.1 Å². The molecule has 0 bridgehead atoms. The highest BCUT2D eigenvalue weighted by molar-refractivity contribution is 7.92. The second-order valence-electron chi connectivity index (χ2n) is 8.02. The van der Waals surface area contributed by atoms with Crippen LogP contribution in [-0.4, -0.2) is 37.7 Å². The first kappa shape index (κ1) is 28.6. The maximum Gasteiger partial charge on any atom is 0.255 e. The van der Waals surface area contributed by atoms with Gasteiger partial charge in [-0.25, -0.2) is 8.42 Å². The molecule has 0 aliphatic rings. The first-order valence-electron chi connectivity index (χ1n) is 10.9. The third-order valence-electron chi connectivity index (χ3n) is 5.44. The van der Waals surface area contributed by atoms with Crippen molar-refractivity contribution < 1.29 is 27.9 Å². The van der Waals surface area contributed by atoms with Crippen molar-refractivity contribution in [3.8, 4) is 11.5 Å². The Bertz CT molecular complexity index is 1440. The molecule has 0 fully saturated rings. The molecule has 0 saturated carbocycles. The molecule has 8 nitrogen and oxygen atoms in total. The molecule has 0 aliphatic heterocycles. The molecule has 12 heteroatoms. The van der Waals surface area contributed by atoms with E-state index in [0.717, 1.165) is 11.6 Å². The molecule has 0 saturated heterocycles. The molecular weight excluding hydrogens is 563 g/mol. The largest absolute Gasteiger partial charge is 0.506 e. The van der Waals surface area contributed by atoms with Crippen LogP contribution in [0, 0.1) is 6.92 Å². The van der Waals surface area contributed by atoms with Crippen molar-refractivity contribution in [2.45, 2.75) is 30.4 Å². The maximum atomic E-state index is 13.0. The van der Waals surface area contributed by atoms with Crippen molar-refractivity contribution in [1.82, 2.24) is 0 Å². The minimum atomic E-state index is -3.98. The van der Waals surface area contributed by atoms with Crippen LogP contribution in [0.3, 0.4) is 0 Å². The molecule has 2 amide bonds. The average molecular weight is 586 g/mol. The zero-order chi connectivity index (χ0) is 27.5. The maximum absolute atomic E-state index is 13.0. The van der Waals surface area contributed by atoms with Crippen molar-refractivity contribution >= 4 is 67.8 Å². The summed E-state index contributed by atoms with van der Waals surface area (Å²) in [6.45, 7) is 3.40. The summed E-state index contributed by atoms with van der Waals surface area (Å²) >= 11 is 18.4. The Morgan fingerprint density at radius 2 is 1.54 bits per heavy atom. The number of anilines is 2.